The van der Waals surface area contributed by atoms with E-state index in [1.54, 1.807) is 11.3 Å². The lowest BCUT2D eigenvalue weighted by molar-refractivity contribution is 0.123. The molecule has 4 nitrogen and oxygen atoms in total. The van der Waals surface area contributed by atoms with E-state index in [4.69, 9.17) is 4.74 Å². The first-order chi connectivity index (χ1) is 8.15. The van der Waals surface area contributed by atoms with Crippen molar-refractivity contribution in [1.29, 1.82) is 0 Å². The maximum absolute atomic E-state index is 5.57. The summed E-state index contributed by atoms with van der Waals surface area (Å²) in [4.78, 5) is 0. The molecule has 5 heteroatoms. The molecule has 0 bridgehead atoms. The number of ether oxygens (including phenoxy) is 1. The molecular weight excluding hydrogens is 234 g/mol. The van der Waals surface area contributed by atoms with E-state index in [2.05, 4.69) is 36.3 Å². The van der Waals surface area contributed by atoms with Gasteiger partial charge in [0.15, 0.2) is 0 Å². The lowest BCUT2D eigenvalue weighted by Crippen LogP contribution is -2.24. The van der Waals surface area contributed by atoms with Gasteiger partial charge in [0.2, 0.25) is 0 Å². The molecule has 1 saturated heterocycles. The van der Waals surface area contributed by atoms with Crippen molar-refractivity contribution in [3.8, 4) is 0 Å². The molecule has 0 spiro atoms. The Morgan fingerprint density at radius 2 is 2.29 bits per heavy atom. The highest BCUT2D eigenvalue weighted by molar-refractivity contribution is 7.11. The van der Waals surface area contributed by atoms with Crippen LogP contribution in [0.15, 0.2) is 0 Å². The van der Waals surface area contributed by atoms with Crippen molar-refractivity contribution < 1.29 is 4.74 Å². The molecule has 1 fully saturated rings. The summed E-state index contributed by atoms with van der Waals surface area (Å²) in [5.41, 5.74) is 0. The summed E-state index contributed by atoms with van der Waals surface area (Å²) in [5, 5.41) is 14.2. The van der Waals surface area contributed by atoms with Gasteiger partial charge >= 0.3 is 0 Å². The molecule has 1 N–H and O–H groups in total. The SMILES string of the molecule is CC(C)NCCc1nnc(C2COC(C)C2)s1. The number of nitrogens with zero attached hydrogens (tertiary/aromatic N) is 2. The molecule has 2 atom stereocenters. The van der Waals surface area contributed by atoms with Gasteiger partial charge < -0.3 is 10.1 Å². The van der Waals surface area contributed by atoms with Gasteiger partial charge in [-0.05, 0) is 13.3 Å². The van der Waals surface area contributed by atoms with Crippen LogP contribution >= 0.6 is 11.3 Å². The van der Waals surface area contributed by atoms with Crippen LogP contribution in [0.1, 0.15) is 43.1 Å². The zero-order chi connectivity index (χ0) is 12.3. The van der Waals surface area contributed by atoms with Gasteiger partial charge in [0.1, 0.15) is 10.0 Å². The summed E-state index contributed by atoms with van der Waals surface area (Å²) in [5.74, 6) is 0.467. The van der Waals surface area contributed by atoms with E-state index in [-0.39, 0.29) is 0 Å². The third-order valence-electron chi connectivity index (χ3n) is 2.92. The van der Waals surface area contributed by atoms with Crippen molar-refractivity contribution in [2.45, 2.75) is 51.7 Å². The lowest BCUT2D eigenvalue weighted by Gasteiger charge is -2.05. The minimum Gasteiger partial charge on any atom is -0.378 e. The summed E-state index contributed by atoms with van der Waals surface area (Å²) in [6.45, 7) is 8.21. The van der Waals surface area contributed by atoms with E-state index in [1.165, 1.54) is 0 Å². The van der Waals surface area contributed by atoms with E-state index in [0.717, 1.165) is 36.0 Å². The highest BCUT2D eigenvalue weighted by Gasteiger charge is 2.26. The molecule has 96 valence electrons. The number of hydrogen-bond donors (Lipinski definition) is 1. The average Bonchev–Trinajstić information content (AvgIpc) is 2.86. The normalized spacial score (nSPS) is 24.7. The Labute approximate surface area is 107 Å². The standard InChI is InChI=1S/C12H21N3OS/c1-8(2)13-5-4-11-14-15-12(17-11)10-6-9(3)16-7-10/h8-10,13H,4-7H2,1-3H3. The highest BCUT2D eigenvalue weighted by atomic mass is 32.1. The van der Waals surface area contributed by atoms with Crippen molar-refractivity contribution in [3.63, 3.8) is 0 Å². The van der Waals surface area contributed by atoms with E-state index >= 15 is 0 Å². The molecule has 0 saturated carbocycles. The summed E-state index contributed by atoms with van der Waals surface area (Å²) < 4.78 is 5.57. The van der Waals surface area contributed by atoms with Gasteiger partial charge in [0.25, 0.3) is 0 Å². The first-order valence-corrected chi connectivity index (χ1v) is 7.14. The van der Waals surface area contributed by atoms with Crippen LogP contribution in [0, 0.1) is 0 Å². The predicted octanol–water partition coefficient (Wildman–Crippen LogP) is 1.97. The fourth-order valence-corrected chi connectivity index (χ4v) is 2.93. The summed E-state index contributed by atoms with van der Waals surface area (Å²) >= 11 is 1.74. The smallest absolute Gasteiger partial charge is 0.122 e. The Balaban J connectivity index is 1.83. The van der Waals surface area contributed by atoms with Gasteiger partial charge in [-0.25, -0.2) is 0 Å². The third kappa shape index (κ3) is 3.72. The van der Waals surface area contributed by atoms with Crippen LogP contribution < -0.4 is 5.32 Å². The fraction of sp³-hybridized carbons (Fsp3) is 0.833. The third-order valence-corrected chi connectivity index (χ3v) is 4.07. The minimum atomic E-state index is 0.370. The van der Waals surface area contributed by atoms with Crippen LogP contribution in [0.3, 0.4) is 0 Å². The van der Waals surface area contributed by atoms with Crippen LogP contribution in [0.2, 0.25) is 0 Å². The Morgan fingerprint density at radius 1 is 1.47 bits per heavy atom. The number of rotatable bonds is 5. The van der Waals surface area contributed by atoms with Gasteiger partial charge in [0, 0.05) is 24.9 Å². The van der Waals surface area contributed by atoms with E-state index in [9.17, 15) is 0 Å². The van der Waals surface area contributed by atoms with Crippen molar-refractivity contribution in [2.24, 2.45) is 0 Å². The fourth-order valence-electron chi connectivity index (χ4n) is 1.99. The maximum atomic E-state index is 5.57. The van der Waals surface area contributed by atoms with Crippen LogP contribution in [0.25, 0.3) is 0 Å². The van der Waals surface area contributed by atoms with Crippen LogP contribution in [-0.2, 0) is 11.2 Å². The molecule has 1 aliphatic rings. The second-order valence-electron chi connectivity index (χ2n) is 4.97. The minimum absolute atomic E-state index is 0.370. The topological polar surface area (TPSA) is 47.0 Å². The molecule has 1 aromatic heterocycles. The maximum Gasteiger partial charge on any atom is 0.122 e. The van der Waals surface area contributed by atoms with E-state index < -0.39 is 0 Å². The van der Waals surface area contributed by atoms with Crippen molar-refractivity contribution >= 4 is 11.3 Å². The van der Waals surface area contributed by atoms with Crippen LogP contribution in [0.4, 0.5) is 0 Å². The number of hydrogen-bond acceptors (Lipinski definition) is 5. The van der Waals surface area contributed by atoms with Gasteiger partial charge in [0.05, 0.1) is 12.7 Å². The van der Waals surface area contributed by atoms with Crippen molar-refractivity contribution in [3.05, 3.63) is 10.0 Å². The zero-order valence-corrected chi connectivity index (χ0v) is 11.6. The Kier molecular flexibility index (Phi) is 4.48. The zero-order valence-electron chi connectivity index (χ0n) is 10.8. The highest BCUT2D eigenvalue weighted by Crippen LogP contribution is 2.30. The molecule has 2 heterocycles. The summed E-state index contributed by atoms with van der Waals surface area (Å²) in [7, 11) is 0. The molecule has 0 aromatic carbocycles. The summed E-state index contributed by atoms with van der Waals surface area (Å²) in [6.07, 6.45) is 2.42. The Morgan fingerprint density at radius 3 is 2.94 bits per heavy atom. The average molecular weight is 255 g/mol. The molecule has 17 heavy (non-hydrogen) atoms. The molecule has 1 aromatic rings. The molecule has 0 amide bonds. The Hall–Kier alpha value is -0.520. The van der Waals surface area contributed by atoms with Gasteiger partial charge in [-0.15, -0.1) is 21.5 Å². The van der Waals surface area contributed by atoms with Gasteiger partial charge in [-0.3, -0.25) is 0 Å². The predicted molar refractivity (Wildman–Crippen MR) is 69.5 cm³/mol. The van der Waals surface area contributed by atoms with E-state index in [0.29, 0.717) is 18.1 Å². The molecule has 1 aliphatic heterocycles. The first-order valence-electron chi connectivity index (χ1n) is 6.32. The molecular formula is C12H21N3OS. The first kappa shape index (κ1) is 12.9. The second kappa shape index (κ2) is 5.89. The Bertz CT molecular complexity index is 353. The van der Waals surface area contributed by atoms with Crippen LogP contribution in [-0.4, -0.2) is 35.5 Å². The van der Waals surface area contributed by atoms with Crippen LogP contribution in [0.5, 0.6) is 0 Å². The summed E-state index contributed by atoms with van der Waals surface area (Å²) in [6, 6.07) is 0.534. The van der Waals surface area contributed by atoms with Crippen molar-refractivity contribution in [2.75, 3.05) is 13.2 Å². The lowest BCUT2D eigenvalue weighted by atomic mass is 10.1. The second-order valence-corrected chi connectivity index (χ2v) is 6.06. The molecule has 2 unspecified atom stereocenters. The van der Waals surface area contributed by atoms with Gasteiger partial charge in [-0.1, -0.05) is 13.8 Å². The quantitative estimate of drug-likeness (QED) is 0.874. The van der Waals surface area contributed by atoms with E-state index in [1.807, 2.05) is 0 Å². The number of nitrogens with one attached hydrogen (secondary N) is 1. The largest absolute Gasteiger partial charge is 0.378 e. The monoisotopic (exact) mass is 255 g/mol. The molecule has 2 rings (SSSR count). The molecule has 0 aliphatic carbocycles. The van der Waals surface area contributed by atoms with Gasteiger partial charge in [-0.2, -0.15) is 0 Å². The van der Waals surface area contributed by atoms with Crippen molar-refractivity contribution in [1.82, 2.24) is 15.5 Å². The molecule has 0 radical (unpaired) electrons. The number of aromatic nitrogens is 2.